The zero-order valence-corrected chi connectivity index (χ0v) is 20.8. The van der Waals surface area contributed by atoms with Gasteiger partial charge < -0.3 is 15.0 Å². The van der Waals surface area contributed by atoms with Crippen molar-refractivity contribution in [2.45, 2.75) is 25.3 Å². The number of aliphatic imine (C=N–C) groups is 1. The molecular weight excluding hydrogens is 499 g/mol. The van der Waals surface area contributed by atoms with Gasteiger partial charge in [-0.2, -0.15) is 0 Å². The van der Waals surface area contributed by atoms with Crippen molar-refractivity contribution in [2.75, 3.05) is 52.5 Å². The molecule has 0 aliphatic carbocycles. The van der Waals surface area contributed by atoms with Crippen molar-refractivity contribution in [2.24, 2.45) is 4.99 Å². The van der Waals surface area contributed by atoms with Crippen LogP contribution in [0, 0.1) is 0 Å². The average Bonchev–Trinajstić information content (AvgIpc) is 3.31. The van der Waals surface area contributed by atoms with Gasteiger partial charge >= 0.3 is 0 Å². The third-order valence-corrected chi connectivity index (χ3v) is 6.19. The number of guanidine groups is 1. The summed E-state index contributed by atoms with van der Waals surface area (Å²) in [7, 11) is 0. The van der Waals surface area contributed by atoms with Crippen LogP contribution in [0.1, 0.15) is 30.4 Å². The molecule has 1 unspecified atom stereocenters. The van der Waals surface area contributed by atoms with Crippen molar-refractivity contribution < 1.29 is 4.74 Å². The lowest BCUT2D eigenvalue weighted by Gasteiger charge is -2.32. The Labute approximate surface area is 203 Å². The van der Waals surface area contributed by atoms with Crippen molar-refractivity contribution in [3.8, 4) is 0 Å². The SMILES string of the molecule is CCNC(=NCC(c1ccccc1)c1ccccc1)N1CCC(N2CCOCC2)C1.I. The fourth-order valence-electron chi connectivity index (χ4n) is 4.55. The van der Waals surface area contributed by atoms with E-state index in [4.69, 9.17) is 9.73 Å². The van der Waals surface area contributed by atoms with Crippen molar-refractivity contribution in [3.63, 3.8) is 0 Å². The van der Waals surface area contributed by atoms with Crippen LogP contribution in [0.4, 0.5) is 0 Å². The Morgan fingerprint density at radius 3 is 2.19 bits per heavy atom. The number of benzene rings is 2. The zero-order chi connectivity index (χ0) is 20.6. The van der Waals surface area contributed by atoms with E-state index in [0.29, 0.717) is 6.04 Å². The Morgan fingerprint density at radius 2 is 1.61 bits per heavy atom. The highest BCUT2D eigenvalue weighted by Crippen LogP contribution is 2.25. The van der Waals surface area contributed by atoms with Crippen molar-refractivity contribution in [3.05, 3.63) is 71.8 Å². The molecule has 0 amide bonds. The van der Waals surface area contributed by atoms with E-state index in [1.807, 2.05) is 0 Å². The Morgan fingerprint density at radius 1 is 1.00 bits per heavy atom. The molecule has 0 radical (unpaired) electrons. The van der Waals surface area contributed by atoms with Gasteiger partial charge in [-0.3, -0.25) is 9.89 Å². The van der Waals surface area contributed by atoms with Crippen LogP contribution in [0.5, 0.6) is 0 Å². The second kappa shape index (κ2) is 12.4. The molecule has 6 heteroatoms. The summed E-state index contributed by atoms with van der Waals surface area (Å²) in [5.41, 5.74) is 2.63. The monoisotopic (exact) mass is 534 g/mol. The second-order valence-electron chi connectivity index (χ2n) is 8.11. The van der Waals surface area contributed by atoms with Gasteiger partial charge in [-0.1, -0.05) is 60.7 Å². The molecule has 2 aliphatic rings. The van der Waals surface area contributed by atoms with Crippen LogP contribution < -0.4 is 5.32 Å². The predicted molar refractivity (Wildman–Crippen MR) is 138 cm³/mol. The molecule has 0 spiro atoms. The molecule has 168 valence electrons. The third kappa shape index (κ3) is 6.43. The van der Waals surface area contributed by atoms with Crippen LogP contribution in [0.2, 0.25) is 0 Å². The molecule has 2 aliphatic heterocycles. The molecule has 5 nitrogen and oxygen atoms in total. The quantitative estimate of drug-likeness (QED) is 0.348. The van der Waals surface area contributed by atoms with Crippen molar-refractivity contribution >= 4 is 29.9 Å². The fourth-order valence-corrected chi connectivity index (χ4v) is 4.55. The van der Waals surface area contributed by atoms with Crippen molar-refractivity contribution in [1.29, 1.82) is 0 Å². The van der Waals surface area contributed by atoms with Gasteiger partial charge in [0.2, 0.25) is 0 Å². The van der Waals surface area contributed by atoms with E-state index in [2.05, 4.69) is 82.7 Å². The Bertz CT molecular complexity index is 756. The summed E-state index contributed by atoms with van der Waals surface area (Å²) >= 11 is 0. The summed E-state index contributed by atoms with van der Waals surface area (Å²) in [6, 6.07) is 22.1. The van der Waals surface area contributed by atoms with Crippen molar-refractivity contribution in [1.82, 2.24) is 15.1 Å². The van der Waals surface area contributed by atoms with E-state index < -0.39 is 0 Å². The molecule has 2 aromatic rings. The lowest BCUT2D eigenvalue weighted by atomic mass is 9.91. The Balaban J connectivity index is 0.00000272. The van der Waals surface area contributed by atoms with Gasteiger partial charge in [0.1, 0.15) is 0 Å². The van der Waals surface area contributed by atoms with Gasteiger partial charge in [0.05, 0.1) is 19.8 Å². The van der Waals surface area contributed by atoms with Crippen LogP contribution in [0.25, 0.3) is 0 Å². The molecule has 1 atom stereocenters. The number of nitrogens with zero attached hydrogens (tertiary/aromatic N) is 3. The molecule has 2 heterocycles. The first-order chi connectivity index (χ1) is 14.8. The molecule has 2 fully saturated rings. The molecule has 31 heavy (non-hydrogen) atoms. The highest BCUT2D eigenvalue weighted by atomic mass is 127. The van der Waals surface area contributed by atoms with E-state index in [0.717, 1.165) is 58.4 Å². The number of rotatable bonds is 6. The molecule has 2 saturated heterocycles. The summed E-state index contributed by atoms with van der Waals surface area (Å²) in [4.78, 5) is 10.1. The summed E-state index contributed by atoms with van der Waals surface area (Å²) in [6.45, 7) is 9.72. The van der Waals surface area contributed by atoms with Crippen LogP contribution in [0.15, 0.2) is 65.7 Å². The maximum atomic E-state index is 5.53. The van der Waals surface area contributed by atoms with E-state index in [9.17, 15) is 0 Å². The highest BCUT2D eigenvalue weighted by Gasteiger charge is 2.30. The largest absolute Gasteiger partial charge is 0.379 e. The number of hydrogen-bond donors (Lipinski definition) is 1. The number of morpholine rings is 1. The van der Waals surface area contributed by atoms with Gasteiger partial charge in [0, 0.05) is 44.7 Å². The predicted octanol–water partition coefficient (Wildman–Crippen LogP) is 3.81. The van der Waals surface area contributed by atoms with E-state index in [1.165, 1.54) is 17.5 Å². The topological polar surface area (TPSA) is 40.1 Å². The first kappa shape index (κ1) is 24.0. The summed E-state index contributed by atoms with van der Waals surface area (Å²) in [5, 5.41) is 3.54. The lowest BCUT2D eigenvalue weighted by molar-refractivity contribution is 0.0195. The first-order valence-electron chi connectivity index (χ1n) is 11.3. The fraction of sp³-hybridized carbons (Fsp3) is 0.480. The molecule has 2 aromatic carbocycles. The van der Waals surface area contributed by atoms with E-state index in [1.54, 1.807) is 0 Å². The Kier molecular flexibility index (Phi) is 9.61. The number of likely N-dealkylation sites (tertiary alicyclic amines) is 1. The molecule has 4 rings (SSSR count). The second-order valence-corrected chi connectivity index (χ2v) is 8.11. The van der Waals surface area contributed by atoms with E-state index in [-0.39, 0.29) is 29.9 Å². The Hall–Kier alpha value is -1.64. The average molecular weight is 534 g/mol. The number of hydrogen-bond acceptors (Lipinski definition) is 3. The first-order valence-corrected chi connectivity index (χ1v) is 11.3. The molecule has 0 saturated carbocycles. The van der Waals surface area contributed by atoms with E-state index >= 15 is 0 Å². The normalized spacial score (nSPS) is 20.0. The maximum Gasteiger partial charge on any atom is 0.194 e. The maximum absolute atomic E-state index is 5.53. The van der Waals surface area contributed by atoms with Gasteiger partial charge in [0.25, 0.3) is 0 Å². The number of ether oxygens (including phenoxy) is 1. The van der Waals surface area contributed by atoms with Gasteiger partial charge in [-0.15, -0.1) is 24.0 Å². The third-order valence-electron chi connectivity index (χ3n) is 6.19. The minimum absolute atomic E-state index is 0. The lowest BCUT2D eigenvalue weighted by Crippen LogP contribution is -2.46. The standard InChI is InChI=1S/C25H34N4O.HI/c1-2-26-25(29-14-13-23(20-29)28-15-17-30-18-16-28)27-19-24(21-9-5-3-6-10-21)22-11-7-4-8-12-22;/h3-12,23-24H,2,13-20H2,1H3,(H,26,27);1H. The van der Waals surface area contributed by atoms with Gasteiger partial charge in [-0.25, -0.2) is 0 Å². The minimum atomic E-state index is 0. The zero-order valence-electron chi connectivity index (χ0n) is 18.5. The van der Waals surface area contributed by atoms with Crippen LogP contribution in [0.3, 0.4) is 0 Å². The summed E-state index contributed by atoms with van der Waals surface area (Å²) in [5.74, 6) is 1.31. The van der Waals surface area contributed by atoms with Gasteiger partial charge in [-0.05, 0) is 24.5 Å². The smallest absolute Gasteiger partial charge is 0.194 e. The number of halogens is 1. The molecule has 1 N–H and O–H groups in total. The van der Waals surface area contributed by atoms with Crippen LogP contribution >= 0.6 is 24.0 Å². The van der Waals surface area contributed by atoms with Gasteiger partial charge in [0.15, 0.2) is 5.96 Å². The highest BCUT2D eigenvalue weighted by molar-refractivity contribution is 14.0. The molecule has 0 aromatic heterocycles. The summed E-state index contributed by atoms with van der Waals surface area (Å²) < 4.78 is 5.53. The molecular formula is C25H35IN4O. The number of nitrogens with one attached hydrogen (secondary N) is 1. The minimum Gasteiger partial charge on any atom is -0.379 e. The molecule has 0 bridgehead atoms. The van der Waals surface area contributed by atoms with Crippen LogP contribution in [-0.2, 0) is 4.74 Å². The summed E-state index contributed by atoms with van der Waals surface area (Å²) in [6.07, 6.45) is 1.20. The van der Waals surface area contributed by atoms with Crippen LogP contribution in [-0.4, -0.2) is 74.3 Å².